The van der Waals surface area contributed by atoms with Crippen molar-refractivity contribution in [1.82, 2.24) is 9.88 Å². The highest BCUT2D eigenvalue weighted by molar-refractivity contribution is 9.10. The molecule has 7 heteroatoms. The Hall–Kier alpha value is -2.96. The molecule has 2 amide bonds. The lowest BCUT2D eigenvalue weighted by molar-refractivity contribution is 0.193. The monoisotopic (exact) mass is 509 g/mol. The average Bonchev–Trinajstić information content (AvgIpc) is 3.18. The molecule has 0 bridgehead atoms. The van der Waals surface area contributed by atoms with E-state index in [9.17, 15) is 4.79 Å². The van der Waals surface area contributed by atoms with Gasteiger partial charge in [0.15, 0.2) is 0 Å². The molecule has 2 N–H and O–H groups in total. The van der Waals surface area contributed by atoms with E-state index in [1.807, 2.05) is 71.6 Å². The fourth-order valence-corrected chi connectivity index (χ4v) is 4.78. The Morgan fingerprint density at radius 3 is 2.59 bits per heavy atom. The molecule has 162 valence electrons. The van der Waals surface area contributed by atoms with Gasteiger partial charge >= 0.3 is 6.03 Å². The molecule has 0 radical (unpaired) electrons. The van der Waals surface area contributed by atoms with E-state index < -0.39 is 0 Å². The summed E-state index contributed by atoms with van der Waals surface area (Å²) in [6.45, 7) is 0.589. The summed E-state index contributed by atoms with van der Waals surface area (Å²) < 4.78 is 6.29. The van der Waals surface area contributed by atoms with Crippen LogP contribution in [0.4, 0.5) is 10.5 Å². The van der Waals surface area contributed by atoms with Crippen molar-refractivity contribution in [2.24, 2.45) is 0 Å². The van der Waals surface area contributed by atoms with Crippen molar-refractivity contribution in [2.75, 3.05) is 19.0 Å². The van der Waals surface area contributed by atoms with Crippen LogP contribution in [0, 0.1) is 0 Å². The molecule has 0 fully saturated rings. The number of aromatic nitrogens is 1. The maximum Gasteiger partial charge on any atom is 0.322 e. The number of anilines is 1. The molecule has 4 aromatic rings. The number of halogens is 2. The largest absolute Gasteiger partial charge is 0.497 e. The topological polar surface area (TPSA) is 57.4 Å². The fourth-order valence-electron chi connectivity index (χ4n) is 4.34. The maximum absolute atomic E-state index is 13.4. The first-order valence-corrected chi connectivity index (χ1v) is 11.5. The second-order valence-corrected chi connectivity index (χ2v) is 9.12. The van der Waals surface area contributed by atoms with Gasteiger partial charge in [0.1, 0.15) is 5.75 Å². The lowest BCUT2D eigenvalue weighted by Gasteiger charge is -2.36. The van der Waals surface area contributed by atoms with Crippen molar-refractivity contribution in [3.8, 4) is 5.75 Å². The van der Waals surface area contributed by atoms with Crippen LogP contribution in [0.25, 0.3) is 10.9 Å². The number of fused-ring (bicyclic) bond motifs is 3. The molecule has 5 rings (SSSR count). The summed E-state index contributed by atoms with van der Waals surface area (Å²) in [7, 11) is 1.65. The van der Waals surface area contributed by atoms with Crippen molar-refractivity contribution in [1.29, 1.82) is 0 Å². The molecule has 1 unspecified atom stereocenters. The minimum absolute atomic E-state index is 0.143. The number of nitrogens with zero attached hydrogens (tertiary/aromatic N) is 1. The molecule has 2 heterocycles. The van der Waals surface area contributed by atoms with E-state index >= 15 is 0 Å². The Labute approximate surface area is 199 Å². The first-order chi connectivity index (χ1) is 15.5. The summed E-state index contributed by atoms with van der Waals surface area (Å²) in [5.74, 6) is 0.777. The number of benzene rings is 3. The molecule has 0 spiro atoms. The van der Waals surface area contributed by atoms with Crippen molar-refractivity contribution >= 4 is 50.2 Å². The molecule has 0 aliphatic carbocycles. The van der Waals surface area contributed by atoms with Crippen LogP contribution >= 0.6 is 27.5 Å². The van der Waals surface area contributed by atoms with Crippen molar-refractivity contribution in [2.45, 2.75) is 12.5 Å². The molecule has 3 aromatic carbocycles. The third-order valence-corrected chi connectivity index (χ3v) is 6.64. The normalized spacial score (nSPS) is 15.5. The average molecular weight is 511 g/mol. The molecule has 1 aliphatic rings. The molecule has 1 atom stereocenters. The Morgan fingerprint density at radius 1 is 1.12 bits per heavy atom. The Bertz CT molecular complexity index is 1290. The number of H-pyrrole nitrogens is 1. The van der Waals surface area contributed by atoms with Crippen LogP contribution in [0.3, 0.4) is 0 Å². The number of hydrogen-bond acceptors (Lipinski definition) is 2. The quantitative estimate of drug-likeness (QED) is 0.319. The number of aromatic amines is 1. The highest BCUT2D eigenvalue weighted by Gasteiger charge is 2.34. The predicted molar refractivity (Wildman–Crippen MR) is 132 cm³/mol. The van der Waals surface area contributed by atoms with Gasteiger partial charge in [0, 0.05) is 38.3 Å². The molecule has 0 saturated heterocycles. The van der Waals surface area contributed by atoms with Gasteiger partial charge in [0.05, 0.1) is 13.2 Å². The SMILES string of the molecule is COc1ccc(C2c3[nH]c4ccc(Cl)cc4c3CCN2C(=O)Nc2ccc(Br)cc2)cc1. The number of hydrogen-bond donors (Lipinski definition) is 2. The summed E-state index contributed by atoms with van der Waals surface area (Å²) in [5, 5.41) is 4.86. The summed E-state index contributed by atoms with van der Waals surface area (Å²) >= 11 is 9.71. The van der Waals surface area contributed by atoms with Gasteiger partial charge in [0.25, 0.3) is 0 Å². The minimum Gasteiger partial charge on any atom is -0.497 e. The number of nitrogens with one attached hydrogen (secondary N) is 2. The van der Waals surface area contributed by atoms with Gasteiger partial charge in [-0.3, -0.25) is 0 Å². The van der Waals surface area contributed by atoms with E-state index in [1.165, 1.54) is 5.56 Å². The number of carbonyl (C=O) groups excluding carboxylic acids is 1. The highest BCUT2D eigenvalue weighted by atomic mass is 79.9. The molecule has 32 heavy (non-hydrogen) atoms. The summed E-state index contributed by atoms with van der Waals surface area (Å²) in [6.07, 6.45) is 0.746. The smallest absolute Gasteiger partial charge is 0.322 e. The van der Waals surface area contributed by atoms with E-state index in [-0.39, 0.29) is 12.1 Å². The van der Waals surface area contributed by atoms with Gasteiger partial charge < -0.3 is 19.9 Å². The second-order valence-electron chi connectivity index (χ2n) is 7.76. The molecule has 5 nitrogen and oxygen atoms in total. The number of rotatable bonds is 3. The maximum atomic E-state index is 13.4. The van der Waals surface area contributed by atoms with E-state index in [0.717, 1.165) is 44.5 Å². The zero-order valence-corrected chi connectivity index (χ0v) is 19.7. The second kappa shape index (κ2) is 8.52. The van der Waals surface area contributed by atoms with Gasteiger partial charge in [-0.25, -0.2) is 4.79 Å². The molecule has 0 saturated carbocycles. The summed E-state index contributed by atoms with van der Waals surface area (Å²) in [6, 6.07) is 20.9. The third-order valence-electron chi connectivity index (χ3n) is 5.88. The first kappa shape index (κ1) is 20.9. The van der Waals surface area contributed by atoms with Gasteiger partial charge in [-0.2, -0.15) is 0 Å². The van der Waals surface area contributed by atoms with Crippen LogP contribution in [0.15, 0.2) is 71.2 Å². The predicted octanol–water partition coefficient (Wildman–Crippen LogP) is 6.77. The van der Waals surface area contributed by atoms with E-state index in [4.69, 9.17) is 16.3 Å². The molecular formula is C25H21BrClN3O2. The van der Waals surface area contributed by atoms with E-state index in [1.54, 1.807) is 7.11 Å². The van der Waals surface area contributed by atoms with Crippen LogP contribution in [-0.2, 0) is 6.42 Å². The number of amides is 2. The van der Waals surface area contributed by atoms with Gasteiger partial charge in [0.2, 0.25) is 0 Å². The number of carbonyl (C=O) groups is 1. The number of methoxy groups -OCH3 is 1. The Balaban J connectivity index is 1.57. The lowest BCUT2D eigenvalue weighted by atomic mass is 9.92. The fraction of sp³-hybridized carbons (Fsp3) is 0.160. The van der Waals surface area contributed by atoms with Crippen LogP contribution in [0.2, 0.25) is 5.02 Å². The molecule has 1 aromatic heterocycles. The third kappa shape index (κ3) is 3.85. The van der Waals surface area contributed by atoms with Gasteiger partial charge in [-0.15, -0.1) is 0 Å². The lowest BCUT2D eigenvalue weighted by Crippen LogP contribution is -2.43. The molecule has 1 aliphatic heterocycles. The highest BCUT2D eigenvalue weighted by Crippen LogP contribution is 2.39. The van der Waals surface area contributed by atoms with Crippen LogP contribution < -0.4 is 10.1 Å². The van der Waals surface area contributed by atoms with Gasteiger partial charge in [-0.1, -0.05) is 39.7 Å². The summed E-state index contributed by atoms with van der Waals surface area (Å²) in [4.78, 5) is 18.8. The summed E-state index contributed by atoms with van der Waals surface area (Å²) in [5.41, 5.74) is 5.00. The van der Waals surface area contributed by atoms with Crippen LogP contribution in [0.1, 0.15) is 22.9 Å². The first-order valence-electron chi connectivity index (χ1n) is 10.3. The number of urea groups is 1. The van der Waals surface area contributed by atoms with Crippen molar-refractivity contribution in [3.63, 3.8) is 0 Å². The van der Waals surface area contributed by atoms with Crippen molar-refractivity contribution < 1.29 is 9.53 Å². The van der Waals surface area contributed by atoms with Gasteiger partial charge in [-0.05, 0) is 72.1 Å². The standard InChI is InChI=1S/C25H21BrClN3O2/c1-32-19-9-2-15(3-10-19)24-23-20(21-14-17(27)6-11-22(21)29-23)12-13-30(24)25(31)28-18-7-4-16(26)5-8-18/h2-11,14,24,29H,12-13H2,1H3,(H,28,31). The van der Waals surface area contributed by atoms with Crippen LogP contribution in [-0.4, -0.2) is 29.6 Å². The number of ether oxygens (including phenoxy) is 1. The van der Waals surface area contributed by atoms with E-state index in [0.29, 0.717) is 11.6 Å². The zero-order valence-electron chi connectivity index (χ0n) is 17.4. The van der Waals surface area contributed by atoms with Crippen LogP contribution in [0.5, 0.6) is 5.75 Å². The molecular weight excluding hydrogens is 490 g/mol. The Kier molecular flexibility index (Phi) is 5.57. The zero-order chi connectivity index (χ0) is 22.2. The van der Waals surface area contributed by atoms with E-state index in [2.05, 4.69) is 26.2 Å². The Morgan fingerprint density at radius 2 is 1.88 bits per heavy atom. The van der Waals surface area contributed by atoms with Crippen molar-refractivity contribution in [3.05, 3.63) is 93.0 Å². The minimum atomic E-state index is -0.258.